The SMILES string of the molecule is N#CCC(=O)Nc1cccc(C=Cc2ccncc2)c1. The first kappa shape index (κ1) is 13.5. The zero-order valence-electron chi connectivity index (χ0n) is 10.8. The van der Waals surface area contributed by atoms with Gasteiger partial charge in [-0.25, -0.2) is 0 Å². The third-order valence-corrected chi connectivity index (χ3v) is 2.58. The summed E-state index contributed by atoms with van der Waals surface area (Å²) in [5.74, 6) is -0.303. The van der Waals surface area contributed by atoms with Gasteiger partial charge in [-0.05, 0) is 35.4 Å². The average Bonchev–Trinajstić information content (AvgIpc) is 2.47. The molecule has 0 saturated heterocycles. The minimum absolute atomic E-state index is 0.142. The third-order valence-electron chi connectivity index (χ3n) is 2.58. The van der Waals surface area contributed by atoms with Gasteiger partial charge >= 0.3 is 0 Å². The molecule has 0 atom stereocenters. The molecule has 1 amide bonds. The Labute approximate surface area is 117 Å². The second-order valence-corrected chi connectivity index (χ2v) is 4.12. The molecule has 0 unspecified atom stereocenters. The van der Waals surface area contributed by atoms with Crippen molar-refractivity contribution in [3.8, 4) is 6.07 Å². The molecule has 1 N–H and O–H groups in total. The Balaban J connectivity index is 2.08. The van der Waals surface area contributed by atoms with Gasteiger partial charge in [0.15, 0.2) is 0 Å². The van der Waals surface area contributed by atoms with Crippen LogP contribution in [-0.2, 0) is 4.79 Å². The lowest BCUT2D eigenvalue weighted by molar-refractivity contribution is -0.115. The summed E-state index contributed by atoms with van der Waals surface area (Å²) >= 11 is 0. The standard InChI is InChI=1S/C16H13N3O/c17-9-6-16(20)19-15-3-1-2-14(12-15)5-4-13-7-10-18-11-8-13/h1-5,7-8,10-12H,6H2,(H,19,20). The number of hydrogen-bond donors (Lipinski definition) is 1. The maximum Gasteiger partial charge on any atom is 0.238 e. The van der Waals surface area contributed by atoms with Crippen LogP contribution in [0, 0.1) is 11.3 Å². The molecule has 20 heavy (non-hydrogen) atoms. The number of amides is 1. The maximum absolute atomic E-state index is 11.3. The number of nitrogens with one attached hydrogen (secondary N) is 1. The van der Waals surface area contributed by atoms with Crippen molar-refractivity contribution in [2.45, 2.75) is 6.42 Å². The van der Waals surface area contributed by atoms with Gasteiger partial charge in [0.1, 0.15) is 6.42 Å². The highest BCUT2D eigenvalue weighted by Gasteiger charge is 2.00. The van der Waals surface area contributed by atoms with Crippen molar-refractivity contribution in [2.75, 3.05) is 5.32 Å². The highest BCUT2D eigenvalue weighted by atomic mass is 16.1. The van der Waals surface area contributed by atoms with E-state index in [0.717, 1.165) is 11.1 Å². The molecule has 0 radical (unpaired) electrons. The summed E-state index contributed by atoms with van der Waals surface area (Å²) in [6, 6.07) is 13.1. The molecule has 0 saturated carbocycles. The molecule has 2 rings (SSSR count). The van der Waals surface area contributed by atoms with E-state index in [1.165, 1.54) is 0 Å². The van der Waals surface area contributed by atoms with Gasteiger partial charge in [-0.1, -0.05) is 24.3 Å². The average molecular weight is 263 g/mol. The third kappa shape index (κ3) is 4.07. The first-order valence-electron chi connectivity index (χ1n) is 6.13. The monoisotopic (exact) mass is 263 g/mol. The van der Waals surface area contributed by atoms with Crippen molar-refractivity contribution >= 4 is 23.7 Å². The van der Waals surface area contributed by atoms with Crippen LogP contribution >= 0.6 is 0 Å². The molecule has 0 aliphatic carbocycles. The van der Waals surface area contributed by atoms with E-state index in [0.29, 0.717) is 5.69 Å². The Kier molecular flexibility index (Phi) is 4.63. The van der Waals surface area contributed by atoms with E-state index in [4.69, 9.17) is 5.26 Å². The van der Waals surface area contributed by atoms with Gasteiger partial charge in [-0.2, -0.15) is 5.26 Å². The number of anilines is 1. The predicted octanol–water partition coefficient (Wildman–Crippen LogP) is 3.10. The van der Waals surface area contributed by atoms with E-state index in [2.05, 4.69) is 10.3 Å². The van der Waals surface area contributed by atoms with E-state index in [9.17, 15) is 4.79 Å². The van der Waals surface area contributed by atoms with Crippen LogP contribution < -0.4 is 5.32 Å². The van der Waals surface area contributed by atoms with Crippen LogP contribution in [-0.4, -0.2) is 10.9 Å². The zero-order chi connectivity index (χ0) is 14.2. The van der Waals surface area contributed by atoms with Crippen molar-refractivity contribution in [2.24, 2.45) is 0 Å². The second kappa shape index (κ2) is 6.86. The minimum Gasteiger partial charge on any atom is -0.325 e. The number of hydrogen-bond acceptors (Lipinski definition) is 3. The van der Waals surface area contributed by atoms with Gasteiger partial charge in [-0.3, -0.25) is 9.78 Å². The molecular formula is C16H13N3O. The minimum atomic E-state index is -0.303. The lowest BCUT2D eigenvalue weighted by atomic mass is 10.1. The van der Waals surface area contributed by atoms with Gasteiger partial charge in [0.05, 0.1) is 6.07 Å². The van der Waals surface area contributed by atoms with Crippen LogP contribution in [0.5, 0.6) is 0 Å². The van der Waals surface area contributed by atoms with Gasteiger partial charge in [-0.15, -0.1) is 0 Å². The highest BCUT2D eigenvalue weighted by Crippen LogP contribution is 2.13. The Morgan fingerprint density at radius 3 is 2.70 bits per heavy atom. The number of aromatic nitrogens is 1. The Morgan fingerprint density at radius 1 is 1.20 bits per heavy atom. The van der Waals surface area contributed by atoms with Crippen molar-refractivity contribution < 1.29 is 4.79 Å². The molecule has 1 aromatic carbocycles. The van der Waals surface area contributed by atoms with Crippen LogP contribution in [0.3, 0.4) is 0 Å². The van der Waals surface area contributed by atoms with E-state index in [-0.39, 0.29) is 12.3 Å². The van der Waals surface area contributed by atoms with Crippen molar-refractivity contribution in [3.05, 3.63) is 59.9 Å². The Bertz CT molecular complexity index is 657. The van der Waals surface area contributed by atoms with Crippen LogP contribution in [0.4, 0.5) is 5.69 Å². The molecular weight excluding hydrogens is 250 g/mol. The van der Waals surface area contributed by atoms with Gasteiger partial charge in [0.25, 0.3) is 0 Å². The fraction of sp³-hybridized carbons (Fsp3) is 0.0625. The van der Waals surface area contributed by atoms with Crippen LogP contribution in [0.2, 0.25) is 0 Å². The molecule has 0 fully saturated rings. The molecule has 0 bridgehead atoms. The predicted molar refractivity (Wildman–Crippen MR) is 78.5 cm³/mol. The smallest absolute Gasteiger partial charge is 0.238 e. The topological polar surface area (TPSA) is 65.8 Å². The summed E-state index contributed by atoms with van der Waals surface area (Å²) in [5.41, 5.74) is 2.71. The van der Waals surface area contributed by atoms with E-state index in [1.807, 2.05) is 48.6 Å². The molecule has 98 valence electrons. The molecule has 4 nitrogen and oxygen atoms in total. The number of pyridine rings is 1. The summed E-state index contributed by atoms with van der Waals surface area (Å²) in [6.45, 7) is 0. The summed E-state index contributed by atoms with van der Waals surface area (Å²) < 4.78 is 0. The molecule has 0 aliphatic heterocycles. The number of nitrogens with zero attached hydrogens (tertiary/aromatic N) is 2. The van der Waals surface area contributed by atoms with Crippen molar-refractivity contribution in [1.82, 2.24) is 4.98 Å². The molecule has 1 heterocycles. The van der Waals surface area contributed by atoms with Crippen LogP contribution in [0.25, 0.3) is 12.2 Å². The first-order chi connectivity index (χ1) is 9.78. The van der Waals surface area contributed by atoms with E-state index in [1.54, 1.807) is 18.5 Å². The van der Waals surface area contributed by atoms with Crippen molar-refractivity contribution in [3.63, 3.8) is 0 Å². The van der Waals surface area contributed by atoms with Gasteiger partial charge in [0.2, 0.25) is 5.91 Å². The van der Waals surface area contributed by atoms with Crippen LogP contribution in [0.15, 0.2) is 48.8 Å². The van der Waals surface area contributed by atoms with Crippen LogP contribution in [0.1, 0.15) is 17.5 Å². The summed E-state index contributed by atoms with van der Waals surface area (Å²) in [6.07, 6.45) is 7.25. The fourth-order valence-corrected chi connectivity index (χ4v) is 1.66. The molecule has 4 heteroatoms. The zero-order valence-corrected chi connectivity index (χ0v) is 10.8. The summed E-state index contributed by atoms with van der Waals surface area (Å²) in [5, 5.41) is 11.1. The second-order valence-electron chi connectivity index (χ2n) is 4.12. The largest absolute Gasteiger partial charge is 0.325 e. The highest BCUT2D eigenvalue weighted by molar-refractivity contribution is 5.92. The van der Waals surface area contributed by atoms with Gasteiger partial charge < -0.3 is 5.32 Å². The summed E-state index contributed by atoms with van der Waals surface area (Å²) in [4.78, 5) is 15.3. The lowest BCUT2D eigenvalue weighted by Crippen LogP contribution is -2.09. The number of carbonyl (C=O) groups excluding carboxylic acids is 1. The molecule has 0 aliphatic rings. The molecule has 1 aromatic heterocycles. The first-order valence-corrected chi connectivity index (χ1v) is 6.13. The maximum atomic E-state index is 11.3. The normalized spacial score (nSPS) is 10.2. The van der Waals surface area contributed by atoms with E-state index < -0.39 is 0 Å². The Hall–Kier alpha value is -2.93. The lowest BCUT2D eigenvalue weighted by Gasteiger charge is -2.03. The van der Waals surface area contributed by atoms with Gasteiger partial charge in [0, 0.05) is 18.1 Å². The van der Waals surface area contributed by atoms with Crippen molar-refractivity contribution in [1.29, 1.82) is 5.26 Å². The number of rotatable bonds is 4. The Morgan fingerprint density at radius 2 is 1.95 bits per heavy atom. The quantitative estimate of drug-likeness (QED) is 0.921. The fourth-order valence-electron chi connectivity index (χ4n) is 1.66. The molecule has 0 spiro atoms. The number of carbonyl (C=O) groups is 1. The van der Waals surface area contributed by atoms with E-state index >= 15 is 0 Å². The molecule has 2 aromatic rings. The number of nitriles is 1. The summed E-state index contributed by atoms with van der Waals surface area (Å²) in [7, 11) is 0. The number of benzene rings is 1.